The van der Waals surface area contributed by atoms with Crippen LogP contribution in [0.5, 0.6) is 0 Å². The Bertz CT molecular complexity index is 600. The average Bonchev–Trinajstić information content (AvgIpc) is 2.98. The first kappa shape index (κ1) is 15.9. The molecule has 3 amide bonds. The van der Waals surface area contributed by atoms with Crippen LogP contribution in [0.3, 0.4) is 0 Å². The smallest absolute Gasteiger partial charge is 0.321 e. The second-order valence-electron chi connectivity index (χ2n) is 4.05. The Morgan fingerprint density at radius 1 is 1.19 bits per heavy atom. The van der Waals surface area contributed by atoms with Crippen molar-refractivity contribution in [3.05, 3.63) is 51.7 Å². The molecular weight excluding hydrogens is 328 g/mol. The van der Waals surface area contributed by atoms with Crippen LogP contribution >= 0.6 is 34.7 Å². The van der Waals surface area contributed by atoms with Gasteiger partial charge >= 0.3 is 6.03 Å². The van der Waals surface area contributed by atoms with Crippen LogP contribution in [0, 0.1) is 0 Å². The number of hydrogen-bond donors (Lipinski definition) is 2. The molecule has 0 saturated carbocycles. The lowest BCUT2D eigenvalue weighted by Crippen LogP contribution is -2.39. The number of halogens is 1. The van der Waals surface area contributed by atoms with Crippen molar-refractivity contribution >= 4 is 46.6 Å². The zero-order valence-electron chi connectivity index (χ0n) is 11.0. The number of thioether (sulfide) groups is 1. The monoisotopic (exact) mass is 340 g/mol. The largest absolute Gasteiger partial charge is 0.333 e. The summed E-state index contributed by atoms with van der Waals surface area (Å²) in [5, 5.41) is 7.51. The van der Waals surface area contributed by atoms with Gasteiger partial charge in [0.25, 0.3) is 0 Å². The summed E-state index contributed by atoms with van der Waals surface area (Å²) in [6.07, 6.45) is 0. The molecule has 21 heavy (non-hydrogen) atoms. The zero-order chi connectivity index (χ0) is 15.1. The van der Waals surface area contributed by atoms with E-state index < -0.39 is 6.03 Å². The Labute approximate surface area is 135 Å². The van der Waals surface area contributed by atoms with Crippen LogP contribution < -0.4 is 10.6 Å². The van der Waals surface area contributed by atoms with E-state index in [2.05, 4.69) is 10.6 Å². The third-order valence-electron chi connectivity index (χ3n) is 2.44. The van der Waals surface area contributed by atoms with E-state index in [-0.39, 0.29) is 11.7 Å². The predicted octanol–water partition coefficient (Wildman–Crippen LogP) is 3.52. The van der Waals surface area contributed by atoms with Crippen molar-refractivity contribution < 1.29 is 9.59 Å². The summed E-state index contributed by atoms with van der Waals surface area (Å²) in [5.41, 5.74) is 0. The highest BCUT2D eigenvalue weighted by atomic mass is 35.5. The quantitative estimate of drug-likeness (QED) is 0.819. The number of carbonyl (C=O) groups excluding carboxylic acids is 2. The molecule has 2 N–H and O–H groups in total. The minimum absolute atomic E-state index is 0.175. The molecule has 0 aliphatic carbocycles. The number of rotatable bonds is 5. The summed E-state index contributed by atoms with van der Waals surface area (Å²) in [7, 11) is 0. The minimum atomic E-state index is -0.481. The normalized spacial score (nSPS) is 10.1. The third-order valence-corrected chi connectivity index (χ3v) is 4.58. The van der Waals surface area contributed by atoms with Crippen molar-refractivity contribution in [3.8, 4) is 0 Å². The Balaban J connectivity index is 1.68. The van der Waals surface area contributed by atoms with Crippen LogP contribution in [0.15, 0.2) is 46.7 Å². The third kappa shape index (κ3) is 5.79. The van der Waals surface area contributed by atoms with Crippen LogP contribution in [-0.4, -0.2) is 17.7 Å². The Morgan fingerprint density at radius 3 is 2.62 bits per heavy atom. The zero-order valence-corrected chi connectivity index (χ0v) is 13.4. The number of hydrogen-bond acceptors (Lipinski definition) is 4. The van der Waals surface area contributed by atoms with E-state index in [0.717, 1.165) is 9.77 Å². The van der Waals surface area contributed by atoms with Crippen LogP contribution in [-0.2, 0) is 11.3 Å². The van der Waals surface area contributed by atoms with Gasteiger partial charge in [0.05, 0.1) is 12.3 Å². The van der Waals surface area contributed by atoms with Crippen molar-refractivity contribution in [1.82, 2.24) is 10.6 Å². The number of urea groups is 1. The highest BCUT2D eigenvalue weighted by molar-refractivity contribution is 8.00. The molecule has 0 unspecified atom stereocenters. The SMILES string of the molecule is O=C(CSc1ccc(Cl)cc1)NC(=O)NCc1cccs1. The molecule has 1 aromatic heterocycles. The first-order valence-corrected chi connectivity index (χ1v) is 8.36. The average molecular weight is 341 g/mol. The minimum Gasteiger partial charge on any atom is -0.333 e. The van der Waals surface area contributed by atoms with E-state index in [1.807, 2.05) is 29.6 Å². The van der Waals surface area contributed by atoms with Gasteiger partial charge in [-0.05, 0) is 35.7 Å². The van der Waals surface area contributed by atoms with E-state index in [1.165, 1.54) is 11.8 Å². The van der Waals surface area contributed by atoms with Gasteiger partial charge in [-0.3, -0.25) is 10.1 Å². The van der Waals surface area contributed by atoms with Crippen molar-refractivity contribution in [1.29, 1.82) is 0 Å². The lowest BCUT2D eigenvalue weighted by molar-refractivity contribution is -0.117. The number of imide groups is 1. The lowest BCUT2D eigenvalue weighted by Gasteiger charge is -2.05. The molecular formula is C14H13ClN2O2S2. The van der Waals surface area contributed by atoms with Gasteiger partial charge in [-0.2, -0.15) is 0 Å². The molecule has 0 saturated heterocycles. The summed E-state index contributed by atoms with van der Waals surface area (Å²) >= 11 is 8.68. The number of carbonyl (C=O) groups is 2. The number of thiophene rings is 1. The molecule has 2 aromatic rings. The molecule has 110 valence electrons. The van der Waals surface area contributed by atoms with E-state index in [0.29, 0.717) is 11.6 Å². The molecule has 0 spiro atoms. The van der Waals surface area contributed by atoms with Gasteiger partial charge in [0, 0.05) is 14.8 Å². The number of nitrogens with one attached hydrogen (secondary N) is 2. The first-order valence-electron chi connectivity index (χ1n) is 6.12. The topological polar surface area (TPSA) is 58.2 Å². The standard InChI is InChI=1S/C14H13ClN2O2S2/c15-10-3-5-11(6-4-10)21-9-13(18)17-14(19)16-8-12-2-1-7-20-12/h1-7H,8-9H2,(H2,16,17,18,19). The fourth-order valence-corrected chi connectivity index (χ4v) is 2.94. The molecule has 7 heteroatoms. The Morgan fingerprint density at radius 2 is 1.95 bits per heavy atom. The van der Waals surface area contributed by atoms with Crippen LogP contribution in [0.25, 0.3) is 0 Å². The fraction of sp³-hybridized carbons (Fsp3) is 0.143. The molecule has 1 heterocycles. The maximum atomic E-state index is 11.6. The molecule has 0 radical (unpaired) electrons. The lowest BCUT2D eigenvalue weighted by atomic mass is 10.4. The number of amides is 3. The summed E-state index contributed by atoms with van der Waals surface area (Å²) in [6, 6.07) is 10.5. The van der Waals surface area contributed by atoms with Crippen molar-refractivity contribution in [2.45, 2.75) is 11.4 Å². The summed E-state index contributed by atoms with van der Waals surface area (Å²) in [4.78, 5) is 25.1. The van der Waals surface area contributed by atoms with E-state index >= 15 is 0 Å². The second-order valence-corrected chi connectivity index (χ2v) is 6.57. The van der Waals surface area contributed by atoms with Gasteiger partial charge in [-0.25, -0.2) is 4.79 Å². The number of benzene rings is 1. The maximum absolute atomic E-state index is 11.6. The van der Waals surface area contributed by atoms with Gasteiger partial charge in [-0.1, -0.05) is 17.7 Å². The van der Waals surface area contributed by atoms with Crippen LogP contribution in [0.2, 0.25) is 5.02 Å². The molecule has 0 atom stereocenters. The first-order chi connectivity index (χ1) is 10.1. The Kier molecular flexibility index (Phi) is 6.10. The second kappa shape index (κ2) is 8.07. The van der Waals surface area contributed by atoms with Gasteiger partial charge in [0.15, 0.2) is 0 Å². The molecule has 4 nitrogen and oxygen atoms in total. The van der Waals surface area contributed by atoms with Crippen LogP contribution in [0.1, 0.15) is 4.88 Å². The molecule has 0 bridgehead atoms. The summed E-state index contributed by atoms with van der Waals surface area (Å²) < 4.78 is 0. The summed E-state index contributed by atoms with van der Waals surface area (Å²) in [6.45, 7) is 0.418. The van der Waals surface area contributed by atoms with Crippen molar-refractivity contribution in [3.63, 3.8) is 0 Å². The van der Waals surface area contributed by atoms with Gasteiger partial charge < -0.3 is 5.32 Å². The van der Waals surface area contributed by atoms with Gasteiger partial charge in [0.2, 0.25) is 5.91 Å². The highest BCUT2D eigenvalue weighted by Crippen LogP contribution is 2.19. The van der Waals surface area contributed by atoms with Crippen LogP contribution in [0.4, 0.5) is 4.79 Å². The van der Waals surface area contributed by atoms with Crippen molar-refractivity contribution in [2.24, 2.45) is 0 Å². The van der Waals surface area contributed by atoms with Crippen molar-refractivity contribution in [2.75, 3.05) is 5.75 Å². The maximum Gasteiger partial charge on any atom is 0.321 e. The molecule has 0 aliphatic heterocycles. The highest BCUT2D eigenvalue weighted by Gasteiger charge is 2.08. The molecule has 2 rings (SSSR count). The van der Waals surface area contributed by atoms with Gasteiger partial charge in [0.1, 0.15) is 0 Å². The fourth-order valence-electron chi connectivity index (χ4n) is 1.47. The predicted molar refractivity (Wildman–Crippen MR) is 86.9 cm³/mol. The summed E-state index contributed by atoms with van der Waals surface area (Å²) in [5.74, 6) is -0.160. The Hall–Kier alpha value is -1.50. The molecule has 1 aromatic carbocycles. The van der Waals surface area contributed by atoms with E-state index in [9.17, 15) is 9.59 Å². The van der Waals surface area contributed by atoms with Gasteiger partial charge in [-0.15, -0.1) is 23.1 Å². The molecule has 0 fully saturated rings. The van der Waals surface area contributed by atoms with E-state index in [4.69, 9.17) is 11.6 Å². The van der Waals surface area contributed by atoms with E-state index in [1.54, 1.807) is 23.5 Å². The molecule has 0 aliphatic rings.